The summed E-state index contributed by atoms with van der Waals surface area (Å²) in [6, 6.07) is 0. The second-order valence-corrected chi connectivity index (χ2v) is 9.22. The van der Waals surface area contributed by atoms with Crippen molar-refractivity contribution in [1.29, 1.82) is 0 Å². The second-order valence-electron chi connectivity index (χ2n) is 7.49. The number of hydrogen-bond acceptors (Lipinski definition) is 4. The van der Waals surface area contributed by atoms with Crippen molar-refractivity contribution < 1.29 is 4.74 Å². The maximum Gasteiger partial charge on any atom is 0.193 e. The molecule has 0 saturated carbocycles. The van der Waals surface area contributed by atoms with Crippen LogP contribution >= 0.6 is 11.8 Å². The van der Waals surface area contributed by atoms with Crippen LogP contribution in [-0.2, 0) is 4.74 Å². The van der Waals surface area contributed by atoms with Gasteiger partial charge in [0.1, 0.15) is 0 Å². The highest BCUT2D eigenvalue weighted by molar-refractivity contribution is 8.00. The number of nitrogens with zero attached hydrogens (tertiary/aromatic N) is 3. The predicted molar refractivity (Wildman–Crippen MR) is 114 cm³/mol. The van der Waals surface area contributed by atoms with Crippen LogP contribution in [0.1, 0.15) is 47.0 Å². The van der Waals surface area contributed by atoms with Crippen LogP contribution in [0, 0.1) is 5.92 Å². The SMILES string of the molecule is CCNC(=NCC1(SCC)CCOCC1)N1CCC(CN(CC)CC)C1. The van der Waals surface area contributed by atoms with Gasteiger partial charge in [-0.25, -0.2) is 0 Å². The lowest BCUT2D eigenvalue weighted by molar-refractivity contribution is 0.0793. The zero-order valence-electron chi connectivity index (χ0n) is 17.4. The quantitative estimate of drug-likeness (QED) is 0.489. The Morgan fingerprint density at radius 2 is 1.96 bits per heavy atom. The zero-order chi connectivity index (χ0) is 18.8. The number of ether oxygens (including phenoxy) is 1. The molecule has 1 atom stereocenters. The van der Waals surface area contributed by atoms with Gasteiger partial charge in [-0.1, -0.05) is 20.8 Å². The van der Waals surface area contributed by atoms with Crippen molar-refractivity contribution in [3.8, 4) is 0 Å². The molecule has 2 rings (SSSR count). The highest BCUT2D eigenvalue weighted by atomic mass is 32.2. The summed E-state index contributed by atoms with van der Waals surface area (Å²) in [6.07, 6.45) is 3.53. The second kappa shape index (κ2) is 11.4. The first-order valence-electron chi connectivity index (χ1n) is 10.6. The van der Waals surface area contributed by atoms with Crippen LogP contribution in [0.3, 0.4) is 0 Å². The van der Waals surface area contributed by atoms with Crippen molar-refractivity contribution in [3.63, 3.8) is 0 Å². The maximum atomic E-state index is 5.60. The smallest absolute Gasteiger partial charge is 0.193 e. The third-order valence-electron chi connectivity index (χ3n) is 5.70. The Morgan fingerprint density at radius 1 is 1.23 bits per heavy atom. The third-order valence-corrected chi connectivity index (χ3v) is 7.14. The van der Waals surface area contributed by atoms with E-state index >= 15 is 0 Å². The molecular formula is C20H40N4OS. The summed E-state index contributed by atoms with van der Waals surface area (Å²) in [4.78, 5) is 10.1. The van der Waals surface area contributed by atoms with Crippen LogP contribution in [-0.4, -0.2) is 85.3 Å². The highest BCUT2D eigenvalue weighted by Crippen LogP contribution is 2.35. The fourth-order valence-electron chi connectivity index (χ4n) is 4.06. The summed E-state index contributed by atoms with van der Waals surface area (Å²) in [7, 11) is 0. The zero-order valence-corrected chi connectivity index (χ0v) is 18.2. The lowest BCUT2D eigenvalue weighted by atomic mass is 9.99. The van der Waals surface area contributed by atoms with E-state index in [0.29, 0.717) is 0 Å². The number of aliphatic imine (C=N–C) groups is 1. The summed E-state index contributed by atoms with van der Waals surface area (Å²) in [5.74, 6) is 3.04. The van der Waals surface area contributed by atoms with E-state index in [1.165, 1.54) is 13.0 Å². The van der Waals surface area contributed by atoms with Crippen LogP contribution in [0.5, 0.6) is 0 Å². The molecular weight excluding hydrogens is 344 g/mol. The van der Waals surface area contributed by atoms with Gasteiger partial charge < -0.3 is 19.9 Å². The molecule has 0 aliphatic carbocycles. The minimum atomic E-state index is 0.272. The Kier molecular flexibility index (Phi) is 9.57. The number of rotatable bonds is 9. The van der Waals surface area contributed by atoms with Gasteiger partial charge in [-0.3, -0.25) is 4.99 Å². The molecule has 6 heteroatoms. The Hall–Kier alpha value is -0.460. The van der Waals surface area contributed by atoms with Crippen LogP contribution < -0.4 is 5.32 Å². The van der Waals surface area contributed by atoms with E-state index in [1.54, 1.807) is 0 Å². The minimum absolute atomic E-state index is 0.272. The fourth-order valence-corrected chi connectivity index (χ4v) is 5.29. The number of likely N-dealkylation sites (tertiary alicyclic amines) is 1. The minimum Gasteiger partial charge on any atom is -0.381 e. The molecule has 5 nitrogen and oxygen atoms in total. The molecule has 2 aliphatic rings. The summed E-state index contributed by atoms with van der Waals surface area (Å²) < 4.78 is 5.88. The van der Waals surface area contributed by atoms with E-state index in [2.05, 4.69) is 54.6 Å². The van der Waals surface area contributed by atoms with Crippen molar-refractivity contribution in [1.82, 2.24) is 15.1 Å². The average molecular weight is 385 g/mol. The Labute approximate surface area is 165 Å². The van der Waals surface area contributed by atoms with Crippen LogP contribution in [0.2, 0.25) is 0 Å². The van der Waals surface area contributed by atoms with Crippen LogP contribution in [0.15, 0.2) is 4.99 Å². The van der Waals surface area contributed by atoms with Gasteiger partial charge in [0.25, 0.3) is 0 Å². The monoisotopic (exact) mass is 384 g/mol. The summed E-state index contributed by atoms with van der Waals surface area (Å²) in [6.45, 7) is 18.4. The molecule has 0 amide bonds. The number of nitrogens with one attached hydrogen (secondary N) is 1. The van der Waals surface area contributed by atoms with Gasteiger partial charge in [0.15, 0.2) is 5.96 Å². The van der Waals surface area contributed by atoms with Gasteiger partial charge >= 0.3 is 0 Å². The van der Waals surface area contributed by atoms with E-state index in [9.17, 15) is 0 Å². The van der Waals surface area contributed by atoms with E-state index in [-0.39, 0.29) is 4.75 Å². The van der Waals surface area contributed by atoms with Crippen molar-refractivity contribution in [3.05, 3.63) is 0 Å². The van der Waals surface area contributed by atoms with Crippen molar-refractivity contribution in [2.75, 3.05) is 64.8 Å². The van der Waals surface area contributed by atoms with Gasteiger partial charge in [0.05, 0.1) is 6.54 Å². The van der Waals surface area contributed by atoms with Crippen LogP contribution in [0.4, 0.5) is 0 Å². The molecule has 152 valence electrons. The molecule has 0 aromatic rings. The maximum absolute atomic E-state index is 5.60. The molecule has 2 aliphatic heterocycles. The van der Waals surface area contributed by atoms with E-state index in [0.717, 1.165) is 83.0 Å². The molecule has 2 fully saturated rings. The lowest BCUT2D eigenvalue weighted by Gasteiger charge is -2.35. The molecule has 2 heterocycles. The molecule has 0 spiro atoms. The molecule has 0 aromatic heterocycles. The largest absolute Gasteiger partial charge is 0.381 e. The van der Waals surface area contributed by atoms with Crippen molar-refractivity contribution >= 4 is 17.7 Å². The Balaban J connectivity index is 1.97. The van der Waals surface area contributed by atoms with E-state index in [1.807, 2.05) is 0 Å². The van der Waals surface area contributed by atoms with Gasteiger partial charge in [0.2, 0.25) is 0 Å². The lowest BCUT2D eigenvalue weighted by Crippen LogP contribution is -2.43. The average Bonchev–Trinajstić information content (AvgIpc) is 3.12. The summed E-state index contributed by atoms with van der Waals surface area (Å²) >= 11 is 2.08. The third kappa shape index (κ3) is 6.31. The van der Waals surface area contributed by atoms with Gasteiger partial charge in [-0.15, -0.1) is 0 Å². The predicted octanol–water partition coefficient (Wildman–Crippen LogP) is 2.92. The molecule has 26 heavy (non-hydrogen) atoms. The van der Waals surface area contributed by atoms with Gasteiger partial charge in [-0.05, 0) is 50.9 Å². The number of thioether (sulfide) groups is 1. The van der Waals surface area contributed by atoms with Gasteiger partial charge in [-0.2, -0.15) is 11.8 Å². The van der Waals surface area contributed by atoms with Gasteiger partial charge in [0, 0.05) is 44.1 Å². The topological polar surface area (TPSA) is 40.1 Å². The first-order valence-corrected chi connectivity index (χ1v) is 11.6. The molecule has 0 radical (unpaired) electrons. The molecule has 2 saturated heterocycles. The number of hydrogen-bond donors (Lipinski definition) is 1. The summed E-state index contributed by atoms with van der Waals surface area (Å²) in [5.41, 5.74) is 0. The first kappa shape index (κ1) is 21.8. The van der Waals surface area contributed by atoms with Crippen molar-refractivity contribution in [2.45, 2.75) is 51.7 Å². The Bertz CT molecular complexity index is 417. The molecule has 0 aromatic carbocycles. The number of guanidine groups is 1. The normalized spacial score (nSPS) is 23.7. The first-order chi connectivity index (χ1) is 12.7. The molecule has 1 N–H and O–H groups in total. The molecule has 1 unspecified atom stereocenters. The van der Waals surface area contributed by atoms with E-state index < -0.39 is 0 Å². The fraction of sp³-hybridized carbons (Fsp3) is 0.950. The van der Waals surface area contributed by atoms with E-state index in [4.69, 9.17) is 9.73 Å². The molecule has 0 bridgehead atoms. The van der Waals surface area contributed by atoms with Crippen LogP contribution in [0.25, 0.3) is 0 Å². The highest BCUT2D eigenvalue weighted by Gasteiger charge is 2.33. The Morgan fingerprint density at radius 3 is 2.58 bits per heavy atom. The summed E-state index contributed by atoms with van der Waals surface area (Å²) in [5, 5.41) is 3.55. The standard InChI is InChI=1S/C20H40N4OS/c1-5-21-19(22-17-20(26-8-4)10-13-25-14-11-20)24-12-9-18(16-24)15-23(6-2)7-3/h18H,5-17H2,1-4H3,(H,21,22). The van der Waals surface area contributed by atoms with Crippen molar-refractivity contribution in [2.24, 2.45) is 10.9 Å².